The van der Waals surface area contributed by atoms with E-state index in [1.54, 1.807) is 6.92 Å². The van der Waals surface area contributed by atoms with Crippen molar-refractivity contribution in [1.29, 1.82) is 0 Å². The van der Waals surface area contributed by atoms with Crippen molar-refractivity contribution in [3.63, 3.8) is 0 Å². The van der Waals surface area contributed by atoms with Gasteiger partial charge < -0.3 is 10.0 Å². The van der Waals surface area contributed by atoms with Crippen molar-refractivity contribution in [2.75, 3.05) is 26.7 Å². The average molecular weight is 374 g/mol. The van der Waals surface area contributed by atoms with Gasteiger partial charge in [0.25, 0.3) is 0 Å². The van der Waals surface area contributed by atoms with E-state index in [1.807, 2.05) is 35.8 Å². The smallest absolute Gasteiger partial charge is 0.169 e. The lowest BCUT2D eigenvalue weighted by molar-refractivity contribution is -0.00616. The molecule has 3 heterocycles. The van der Waals surface area contributed by atoms with Crippen LogP contribution in [-0.2, 0) is 13.0 Å². The molecule has 1 aliphatic heterocycles. The summed E-state index contributed by atoms with van der Waals surface area (Å²) in [6.07, 6.45) is 3.31. The van der Waals surface area contributed by atoms with Crippen LogP contribution in [0.15, 0.2) is 35.8 Å². The van der Waals surface area contributed by atoms with E-state index in [-0.39, 0.29) is 17.9 Å². The van der Waals surface area contributed by atoms with E-state index >= 15 is 0 Å². The molecule has 0 spiro atoms. The predicted molar refractivity (Wildman–Crippen MR) is 105 cm³/mol. The van der Waals surface area contributed by atoms with E-state index < -0.39 is 0 Å². The maximum absolute atomic E-state index is 11.4. The predicted octanol–water partition coefficient (Wildman–Crippen LogP) is 2.46. The van der Waals surface area contributed by atoms with Crippen LogP contribution in [0.5, 0.6) is 0 Å². The maximum atomic E-state index is 11.4. The minimum Gasteiger partial charge on any atom is -0.390 e. The Bertz CT molecular complexity index is 719. The number of nitrogens with zero attached hydrogens (tertiary/aromatic N) is 3. The summed E-state index contributed by atoms with van der Waals surface area (Å²) >= 11 is 1.50. The lowest BCUT2D eigenvalue weighted by Gasteiger charge is -2.40. The number of carbonyl (C=O) groups excluding carboxylic acids is 1. The molecule has 26 heavy (non-hydrogen) atoms. The molecule has 1 saturated heterocycles. The molecule has 0 unspecified atom stereocenters. The number of aromatic nitrogens is 1. The summed E-state index contributed by atoms with van der Waals surface area (Å²) in [5, 5.41) is 12.7. The van der Waals surface area contributed by atoms with E-state index in [1.165, 1.54) is 11.3 Å². The third kappa shape index (κ3) is 4.98. The number of likely N-dealkylation sites (N-methyl/N-ethyl adjacent to an activating group) is 1. The Morgan fingerprint density at radius 3 is 2.96 bits per heavy atom. The summed E-state index contributed by atoms with van der Waals surface area (Å²) in [5.41, 5.74) is 2.25. The van der Waals surface area contributed by atoms with Gasteiger partial charge in [0.05, 0.1) is 11.0 Å². The number of piperidine rings is 1. The second-order valence-corrected chi connectivity index (χ2v) is 8.00. The second-order valence-electron chi connectivity index (χ2n) is 7.09. The molecule has 0 saturated carbocycles. The van der Waals surface area contributed by atoms with Crippen LogP contribution in [0.25, 0.3) is 0 Å². The minimum absolute atomic E-state index is 0.120. The maximum Gasteiger partial charge on any atom is 0.169 e. The largest absolute Gasteiger partial charge is 0.390 e. The monoisotopic (exact) mass is 373 g/mol. The number of pyridine rings is 1. The number of ketones is 1. The van der Waals surface area contributed by atoms with Crippen LogP contribution in [0, 0.1) is 0 Å². The Morgan fingerprint density at radius 1 is 1.46 bits per heavy atom. The van der Waals surface area contributed by atoms with Gasteiger partial charge in [0.1, 0.15) is 0 Å². The Hall–Kier alpha value is -1.60. The molecule has 1 N–H and O–H groups in total. The highest BCUT2D eigenvalue weighted by Gasteiger charge is 2.30. The molecule has 0 amide bonds. The van der Waals surface area contributed by atoms with Gasteiger partial charge in [0.2, 0.25) is 0 Å². The fraction of sp³-hybridized carbons (Fsp3) is 0.500. The van der Waals surface area contributed by atoms with Gasteiger partial charge in [-0.05, 0) is 49.5 Å². The third-order valence-electron chi connectivity index (χ3n) is 5.05. The number of rotatable bonds is 7. The molecule has 140 valence electrons. The fourth-order valence-corrected chi connectivity index (χ4v) is 4.35. The van der Waals surface area contributed by atoms with Gasteiger partial charge in [-0.2, -0.15) is 0 Å². The highest BCUT2D eigenvalue weighted by molar-refractivity contribution is 7.12. The van der Waals surface area contributed by atoms with Crippen molar-refractivity contribution >= 4 is 17.1 Å². The number of aliphatic hydroxyl groups excluding tert-OH is 1. The zero-order chi connectivity index (χ0) is 18.5. The number of thiophene rings is 1. The number of β-amino-alcohol motifs (C(OH)–C–C–N with tert-alkyl or cyclic N) is 1. The number of carbonyl (C=O) groups is 1. The normalized spacial score (nSPS) is 21.2. The van der Waals surface area contributed by atoms with Crippen molar-refractivity contribution in [2.24, 2.45) is 0 Å². The Morgan fingerprint density at radius 2 is 2.31 bits per heavy atom. The first-order chi connectivity index (χ1) is 12.5. The van der Waals surface area contributed by atoms with Crippen molar-refractivity contribution in [2.45, 2.75) is 38.5 Å². The minimum atomic E-state index is -0.358. The van der Waals surface area contributed by atoms with Gasteiger partial charge in [-0.15, -0.1) is 11.3 Å². The number of aliphatic hydroxyl groups is 1. The molecule has 0 aliphatic carbocycles. The van der Waals surface area contributed by atoms with Crippen LogP contribution >= 0.6 is 11.3 Å². The molecule has 1 fully saturated rings. The molecule has 0 aromatic carbocycles. The summed E-state index contributed by atoms with van der Waals surface area (Å²) in [7, 11) is 2.09. The summed E-state index contributed by atoms with van der Waals surface area (Å²) in [6, 6.07) is 8.15. The molecule has 2 atom stereocenters. The van der Waals surface area contributed by atoms with E-state index in [0.29, 0.717) is 6.54 Å². The zero-order valence-corrected chi connectivity index (χ0v) is 16.3. The van der Waals surface area contributed by atoms with Gasteiger partial charge in [0.15, 0.2) is 5.78 Å². The summed E-state index contributed by atoms with van der Waals surface area (Å²) in [5.74, 6) is 0.120. The SMILES string of the molecule is CC(=O)c1cc(CN2CC[C@@H](N(C)CCc3ccccn3)[C@H](O)C2)cs1. The molecule has 0 radical (unpaired) electrons. The first-order valence-corrected chi connectivity index (χ1v) is 10.00. The lowest BCUT2D eigenvalue weighted by Crippen LogP contribution is -2.53. The number of likely N-dealkylation sites (tertiary alicyclic amines) is 1. The topological polar surface area (TPSA) is 56.7 Å². The van der Waals surface area contributed by atoms with Crippen LogP contribution in [0.2, 0.25) is 0 Å². The first kappa shape index (κ1) is 19.2. The molecule has 1 aliphatic rings. The molecule has 3 rings (SSSR count). The third-order valence-corrected chi connectivity index (χ3v) is 6.13. The van der Waals surface area contributed by atoms with Gasteiger partial charge in [0, 0.05) is 50.5 Å². The summed E-state index contributed by atoms with van der Waals surface area (Å²) < 4.78 is 0. The van der Waals surface area contributed by atoms with Gasteiger partial charge in [-0.3, -0.25) is 14.7 Å². The second kappa shape index (κ2) is 8.86. The van der Waals surface area contributed by atoms with Crippen LogP contribution in [0.3, 0.4) is 0 Å². The van der Waals surface area contributed by atoms with Crippen LogP contribution in [0.4, 0.5) is 0 Å². The van der Waals surface area contributed by atoms with E-state index in [2.05, 4.69) is 21.8 Å². The molecular formula is C20H27N3O2S. The molecule has 5 nitrogen and oxygen atoms in total. The summed E-state index contributed by atoms with van der Waals surface area (Å²) in [6.45, 7) is 4.92. The number of hydrogen-bond acceptors (Lipinski definition) is 6. The standard InChI is InChI=1S/C20H27N3O2S/c1-15(24)20-11-16(14-26-20)12-23-10-7-18(19(25)13-23)22(2)9-6-17-5-3-4-8-21-17/h3-5,8,11,14,18-19,25H,6-7,9-10,12-13H2,1-2H3/t18-,19-/m1/s1. The molecular weight excluding hydrogens is 346 g/mol. The lowest BCUT2D eigenvalue weighted by atomic mass is 9.99. The van der Waals surface area contributed by atoms with E-state index in [4.69, 9.17) is 0 Å². The van der Waals surface area contributed by atoms with Crippen LogP contribution < -0.4 is 0 Å². The first-order valence-electron chi connectivity index (χ1n) is 9.12. The van der Waals surface area contributed by atoms with E-state index in [0.717, 1.165) is 48.6 Å². The number of Topliss-reactive ketones (excluding diaryl/α,β-unsaturated/α-hetero) is 1. The molecule has 2 aromatic heterocycles. The van der Waals surface area contributed by atoms with E-state index in [9.17, 15) is 9.90 Å². The van der Waals surface area contributed by atoms with Gasteiger partial charge in [-0.25, -0.2) is 0 Å². The van der Waals surface area contributed by atoms with Crippen molar-refractivity contribution in [1.82, 2.24) is 14.8 Å². The summed E-state index contributed by atoms with van der Waals surface area (Å²) in [4.78, 5) is 21.1. The van der Waals surface area contributed by atoms with Crippen molar-refractivity contribution in [3.05, 3.63) is 52.0 Å². The fourth-order valence-electron chi connectivity index (χ4n) is 3.55. The van der Waals surface area contributed by atoms with Crippen LogP contribution in [-0.4, -0.2) is 64.5 Å². The highest BCUT2D eigenvalue weighted by Crippen LogP contribution is 2.21. The zero-order valence-electron chi connectivity index (χ0n) is 15.5. The molecule has 2 aromatic rings. The number of hydrogen-bond donors (Lipinski definition) is 1. The Balaban J connectivity index is 1.48. The van der Waals surface area contributed by atoms with Crippen molar-refractivity contribution in [3.8, 4) is 0 Å². The van der Waals surface area contributed by atoms with Crippen LogP contribution in [0.1, 0.15) is 34.3 Å². The highest BCUT2D eigenvalue weighted by atomic mass is 32.1. The van der Waals surface area contributed by atoms with Crippen molar-refractivity contribution < 1.29 is 9.90 Å². The Labute approximate surface area is 159 Å². The molecule has 0 bridgehead atoms. The molecule has 6 heteroatoms. The van der Waals surface area contributed by atoms with Gasteiger partial charge >= 0.3 is 0 Å². The Kier molecular flexibility index (Phi) is 6.53. The quantitative estimate of drug-likeness (QED) is 0.756. The van der Waals surface area contributed by atoms with Gasteiger partial charge in [-0.1, -0.05) is 6.07 Å². The average Bonchev–Trinajstić information content (AvgIpc) is 3.09.